The van der Waals surface area contributed by atoms with E-state index in [1.807, 2.05) is 54.6 Å². The van der Waals surface area contributed by atoms with E-state index in [2.05, 4.69) is 41.9 Å². The zero-order valence-corrected chi connectivity index (χ0v) is 18.0. The molecule has 0 aliphatic rings. The van der Waals surface area contributed by atoms with Gasteiger partial charge in [-0.05, 0) is 60.9 Å². The number of nitrogens with zero attached hydrogens (tertiary/aromatic N) is 2. The van der Waals surface area contributed by atoms with Crippen LogP contribution in [-0.4, -0.2) is 10.9 Å². The van der Waals surface area contributed by atoms with Gasteiger partial charge in [-0.2, -0.15) is 0 Å². The molecule has 140 valence electrons. The molecule has 0 bridgehead atoms. The minimum Gasteiger partial charge on any atom is -0.279 e. The highest BCUT2D eigenvalue weighted by Crippen LogP contribution is 2.33. The zero-order valence-electron chi connectivity index (χ0n) is 15.6. The summed E-state index contributed by atoms with van der Waals surface area (Å²) in [6, 6.07) is 21.7. The fourth-order valence-electron chi connectivity index (χ4n) is 3.22. The van der Waals surface area contributed by atoms with E-state index in [9.17, 15) is 4.79 Å². The van der Waals surface area contributed by atoms with E-state index in [1.54, 1.807) is 16.2 Å². The van der Waals surface area contributed by atoms with E-state index in [0.717, 1.165) is 25.4 Å². The zero-order chi connectivity index (χ0) is 19.7. The fraction of sp³-hybridized carbons (Fsp3) is 0.130. The SMILES string of the molecule is Cc1cc(C)c2sc(N(Cc3ccccc3)C(=O)c3ccc(Br)cc3)nc2c1. The van der Waals surface area contributed by atoms with E-state index in [0.29, 0.717) is 12.1 Å². The van der Waals surface area contributed by atoms with Crippen LogP contribution in [0.4, 0.5) is 5.13 Å². The molecule has 4 rings (SSSR count). The number of thiazole rings is 1. The number of halogens is 1. The van der Waals surface area contributed by atoms with Gasteiger partial charge in [-0.3, -0.25) is 9.69 Å². The number of amides is 1. The Labute approximate surface area is 176 Å². The number of hydrogen-bond donors (Lipinski definition) is 0. The average molecular weight is 451 g/mol. The Morgan fingerprint density at radius 1 is 1.04 bits per heavy atom. The Balaban J connectivity index is 1.79. The van der Waals surface area contributed by atoms with E-state index < -0.39 is 0 Å². The van der Waals surface area contributed by atoms with Gasteiger partial charge in [0.05, 0.1) is 16.8 Å². The topological polar surface area (TPSA) is 33.2 Å². The number of anilines is 1. The second kappa shape index (κ2) is 7.86. The third-order valence-electron chi connectivity index (χ3n) is 4.56. The van der Waals surface area contributed by atoms with Crippen molar-refractivity contribution in [3.8, 4) is 0 Å². The lowest BCUT2D eigenvalue weighted by Crippen LogP contribution is -2.30. The number of hydrogen-bond acceptors (Lipinski definition) is 3. The van der Waals surface area contributed by atoms with Crippen LogP contribution in [0.5, 0.6) is 0 Å². The number of aromatic nitrogens is 1. The van der Waals surface area contributed by atoms with Crippen LogP contribution in [0.15, 0.2) is 71.2 Å². The maximum Gasteiger partial charge on any atom is 0.260 e. The lowest BCUT2D eigenvalue weighted by molar-refractivity contribution is 0.0985. The molecule has 1 amide bonds. The van der Waals surface area contributed by atoms with Crippen molar-refractivity contribution in [3.05, 3.63) is 93.5 Å². The lowest BCUT2D eigenvalue weighted by Gasteiger charge is -2.20. The summed E-state index contributed by atoms with van der Waals surface area (Å²) in [7, 11) is 0. The van der Waals surface area contributed by atoms with Crippen LogP contribution in [0.1, 0.15) is 27.0 Å². The first-order valence-corrected chi connectivity index (χ1v) is 10.6. The molecule has 0 atom stereocenters. The second-order valence-corrected chi connectivity index (χ2v) is 8.70. The van der Waals surface area contributed by atoms with E-state index in [1.165, 1.54) is 11.1 Å². The first-order chi connectivity index (χ1) is 13.5. The molecule has 28 heavy (non-hydrogen) atoms. The minimum atomic E-state index is -0.0511. The van der Waals surface area contributed by atoms with E-state index >= 15 is 0 Å². The van der Waals surface area contributed by atoms with Crippen molar-refractivity contribution in [2.75, 3.05) is 4.90 Å². The molecular weight excluding hydrogens is 432 g/mol. The molecule has 0 fully saturated rings. The average Bonchev–Trinajstić information content (AvgIpc) is 3.11. The van der Waals surface area contributed by atoms with Crippen LogP contribution in [-0.2, 0) is 6.54 Å². The van der Waals surface area contributed by atoms with Crippen LogP contribution >= 0.6 is 27.3 Å². The summed E-state index contributed by atoms with van der Waals surface area (Å²) < 4.78 is 2.08. The molecule has 0 radical (unpaired) electrons. The van der Waals surface area contributed by atoms with Crippen LogP contribution in [0.2, 0.25) is 0 Å². The van der Waals surface area contributed by atoms with Gasteiger partial charge in [-0.25, -0.2) is 4.98 Å². The van der Waals surface area contributed by atoms with Crippen molar-refractivity contribution < 1.29 is 4.79 Å². The summed E-state index contributed by atoms with van der Waals surface area (Å²) in [5, 5.41) is 0.723. The Hall–Kier alpha value is -2.50. The second-order valence-electron chi connectivity index (χ2n) is 6.81. The normalized spacial score (nSPS) is 11.0. The minimum absolute atomic E-state index is 0.0511. The third kappa shape index (κ3) is 3.86. The monoisotopic (exact) mass is 450 g/mol. The number of rotatable bonds is 4. The number of benzene rings is 3. The number of aryl methyl sites for hydroxylation is 2. The van der Waals surface area contributed by atoms with Crippen molar-refractivity contribution >= 4 is 48.5 Å². The van der Waals surface area contributed by atoms with Gasteiger partial charge < -0.3 is 0 Å². The summed E-state index contributed by atoms with van der Waals surface area (Å²) in [5.74, 6) is -0.0511. The Kier molecular flexibility index (Phi) is 5.29. The number of carbonyl (C=O) groups is 1. The third-order valence-corrected chi connectivity index (χ3v) is 6.32. The van der Waals surface area contributed by atoms with Crippen molar-refractivity contribution in [1.29, 1.82) is 0 Å². The van der Waals surface area contributed by atoms with Gasteiger partial charge in [0.1, 0.15) is 0 Å². The first-order valence-electron chi connectivity index (χ1n) is 9.00. The van der Waals surface area contributed by atoms with Gasteiger partial charge in [0.2, 0.25) is 0 Å². The fourth-order valence-corrected chi connectivity index (χ4v) is 4.50. The van der Waals surface area contributed by atoms with Gasteiger partial charge in [-0.15, -0.1) is 0 Å². The predicted molar refractivity (Wildman–Crippen MR) is 120 cm³/mol. The summed E-state index contributed by atoms with van der Waals surface area (Å²) >= 11 is 5.00. The van der Waals surface area contributed by atoms with Gasteiger partial charge in [0.15, 0.2) is 5.13 Å². The maximum atomic E-state index is 13.4. The molecule has 0 aliphatic carbocycles. The highest BCUT2D eigenvalue weighted by atomic mass is 79.9. The molecule has 0 saturated heterocycles. The van der Waals surface area contributed by atoms with Crippen molar-refractivity contribution in [2.24, 2.45) is 0 Å². The van der Waals surface area contributed by atoms with Crippen molar-refractivity contribution in [1.82, 2.24) is 4.98 Å². The Morgan fingerprint density at radius 2 is 1.75 bits per heavy atom. The van der Waals surface area contributed by atoms with Gasteiger partial charge in [0, 0.05) is 10.0 Å². The molecule has 1 heterocycles. The largest absolute Gasteiger partial charge is 0.279 e. The molecule has 0 aliphatic heterocycles. The Bertz CT molecular complexity index is 1140. The Morgan fingerprint density at radius 3 is 2.46 bits per heavy atom. The molecule has 4 aromatic rings. The summed E-state index contributed by atoms with van der Waals surface area (Å²) in [6.45, 7) is 4.64. The quantitative estimate of drug-likeness (QED) is 0.354. The molecule has 5 heteroatoms. The van der Waals surface area contributed by atoms with Gasteiger partial charge in [0.25, 0.3) is 5.91 Å². The molecule has 0 unspecified atom stereocenters. The van der Waals surface area contributed by atoms with Crippen LogP contribution < -0.4 is 4.90 Å². The van der Waals surface area contributed by atoms with E-state index in [-0.39, 0.29) is 5.91 Å². The van der Waals surface area contributed by atoms with Gasteiger partial charge >= 0.3 is 0 Å². The molecule has 3 nitrogen and oxygen atoms in total. The highest BCUT2D eigenvalue weighted by molar-refractivity contribution is 9.10. The lowest BCUT2D eigenvalue weighted by atomic mass is 10.1. The van der Waals surface area contributed by atoms with Crippen LogP contribution in [0, 0.1) is 13.8 Å². The van der Waals surface area contributed by atoms with Crippen molar-refractivity contribution in [2.45, 2.75) is 20.4 Å². The van der Waals surface area contributed by atoms with Crippen LogP contribution in [0.3, 0.4) is 0 Å². The van der Waals surface area contributed by atoms with Crippen molar-refractivity contribution in [3.63, 3.8) is 0 Å². The summed E-state index contributed by atoms with van der Waals surface area (Å²) in [6.07, 6.45) is 0. The summed E-state index contributed by atoms with van der Waals surface area (Å²) in [5.41, 5.74) is 5.02. The molecular formula is C23H19BrN2OS. The molecule has 0 N–H and O–H groups in total. The first kappa shape index (κ1) is 18.8. The summed E-state index contributed by atoms with van der Waals surface area (Å²) in [4.78, 5) is 20.0. The molecule has 3 aromatic carbocycles. The number of carbonyl (C=O) groups excluding carboxylic acids is 1. The molecule has 0 spiro atoms. The smallest absolute Gasteiger partial charge is 0.260 e. The standard InChI is InChI=1S/C23H19BrN2OS/c1-15-12-16(2)21-20(13-15)25-23(28-21)26(14-17-6-4-3-5-7-17)22(27)18-8-10-19(24)11-9-18/h3-13H,14H2,1-2H3. The molecule has 1 aromatic heterocycles. The number of fused-ring (bicyclic) bond motifs is 1. The maximum absolute atomic E-state index is 13.4. The predicted octanol–water partition coefficient (Wildman–Crippen LogP) is 6.52. The molecule has 0 saturated carbocycles. The van der Waals surface area contributed by atoms with Gasteiger partial charge in [-0.1, -0.05) is 63.7 Å². The highest BCUT2D eigenvalue weighted by Gasteiger charge is 2.22. The van der Waals surface area contributed by atoms with E-state index in [4.69, 9.17) is 4.98 Å². The van der Waals surface area contributed by atoms with Crippen LogP contribution in [0.25, 0.3) is 10.2 Å².